The Morgan fingerprint density at radius 3 is 2.22 bits per heavy atom. The van der Waals surface area contributed by atoms with Gasteiger partial charge < -0.3 is 14.6 Å². The summed E-state index contributed by atoms with van der Waals surface area (Å²) in [6.45, 7) is 6.52. The van der Waals surface area contributed by atoms with Crippen molar-refractivity contribution in [3.8, 4) is 0 Å². The minimum atomic E-state index is -0.879. The lowest BCUT2D eigenvalue weighted by Gasteiger charge is -2.04. The van der Waals surface area contributed by atoms with Crippen molar-refractivity contribution in [3.05, 3.63) is 35.9 Å². The molecule has 1 N–H and O–H groups in total. The SMILES string of the molecule is COCCOCC(C)C.O=C(O)c1ccccc1. The second-order valence-electron chi connectivity index (χ2n) is 4.13. The van der Waals surface area contributed by atoms with E-state index in [9.17, 15) is 4.79 Å². The van der Waals surface area contributed by atoms with E-state index in [1.165, 1.54) is 0 Å². The van der Waals surface area contributed by atoms with E-state index in [-0.39, 0.29) is 0 Å². The number of methoxy groups -OCH3 is 1. The minimum Gasteiger partial charge on any atom is -0.478 e. The van der Waals surface area contributed by atoms with Crippen LogP contribution < -0.4 is 0 Å². The molecule has 18 heavy (non-hydrogen) atoms. The number of rotatable bonds is 6. The molecule has 0 fully saturated rings. The molecule has 0 amide bonds. The van der Waals surface area contributed by atoms with Crippen LogP contribution in [0, 0.1) is 5.92 Å². The largest absolute Gasteiger partial charge is 0.478 e. The lowest BCUT2D eigenvalue weighted by molar-refractivity contribution is 0.0572. The van der Waals surface area contributed by atoms with E-state index in [1.807, 2.05) is 0 Å². The predicted octanol–water partition coefficient (Wildman–Crippen LogP) is 2.69. The van der Waals surface area contributed by atoms with Gasteiger partial charge in [0, 0.05) is 13.7 Å². The molecule has 0 aliphatic rings. The number of carboxylic acids is 1. The zero-order valence-electron chi connectivity index (χ0n) is 11.3. The van der Waals surface area contributed by atoms with Crippen LogP contribution in [0.3, 0.4) is 0 Å². The molecule has 0 aliphatic heterocycles. The summed E-state index contributed by atoms with van der Waals surface area (Å²) < 4.78 is 10.0. The lowest BCUT2D eigenvalue weighted by atomic mass is 10.2. The molecule has 1 aromatic carbocycles. The average Bonchev–Trinajstić information content (AvgIpc) is 2.36. The molecule has 1 rings (SSSR count). The Balaban J connectivity index is 0.000000321. The molecule has 0 heterocycles. The molecule has 0 radical (unpaired) electrons. The maximum absolute atomic E-state index is 10.2. The van der Waals surface area contributed by atoms with Crippen molar-refractivity contribution in [3.63, 3.8) is 0 Å². The van der Waals surface area contributed by atoms with Crippen molar-refractivity contribution in [2.45, 2.75) is 13.8 Å². The van der Waals surface area contributed by atoms with Crippen LogP contribution >= 0.6 is 0 Å². The Kier molecular flexibility index (Phi) is 9.91. The van der Waals surface area contributed by atoms with Gasteiger partial charge in [-0.1, -0.05) is 32.0 Å². The summed E-state index contributed by atoms with van der Waals surface area (Å²) in [7, 11) is 1.68. The quantitative estimate of drug-likeness (QED) is 0.793. The Bertz CT molecular complexity index is 309. The van der Waals surface area contributed by atoms with Gasteiger partial charge in [-0.3, -0.25) is 0 Å². The molecule has 0 bridgehead atoms. The third-order valence-corrected chi connectivity index (χ3v) is 1.90. The highest BCUT2D eigenvalue weighted by molar-refractivity contribution is 5.87. The molecule has 0 aliphatic carbocycles. The van der Waals surface area contributed by atoms with Crippen molar-refractivity contribution in [2.75, 3.05) is 26.9 Å². The van der Waals surface area contributed by atoms with E-state index >= 15 is 0 Å². The standard InChI is InChI=1S/C7H6O2.C7H16O2/c8-7(9)6-4-2-1-3-5-6;1-7(2)6-9-5-4-8-3/h1-5H,(H,8,9);7H,4-6H2,1-3H3. The third-order valence-electron chi connectivity index (χ3n) is 1.90. The summed E-state index contributed by atoms with van der Waals surface area (Å²) in [6.07, 6.45) is 0. The molecule has 4 heteroatoms. The topological polar surface area (TPSA) is 55.8 Å². The van der Waals surface area contributed by atoms with Crippen molar-refractivity contribution in [2.24, 2.45) is 5.92 Å². The van der Waals surface area contributed by atoms with E-state index in [0.29, 0.717) is 24.7 Å². The summed E-state index contributed by atoms with van der Waals surface area (Å²) in [6, 6.07) is 8.30. The second kappa shape index (κ2) is 10.7. The van der Waals surface area contributed by atoms with Gasteiger partial charge in [-0.2, -0.15) is 0 Å². The molecule has 0 atom stereocenters. The molecule has 0 spiro atoms. The highest BCUT2D eigenvalue weighted by Gasteiger charge is 1.96. The number of hydrogen-bond acceptors (Lipinski definition) is 3. The van der Waals surface area contributed by atoms with E-state index in [4.69, 9.17) is 14.6 Å². The number of aromatic carboxylic acids is 1. The monoisotopic (exact) mass is 254 g/mol. The zero-order chi connectivity index (χ0) is 13.8. The van der Waals surface area contributed by atoms with Gasteiger partial charge in [-0.05, 0) is 18.1 Å². The van der Waals surface area contributed by atoms with Gasteiger partial charge in [0.25, 0.3) is 0 Å². The Morgan fingerprint density at radius 2 is 1.83 bits per heavy atom. The summed E-state index contributed by atoms with van der Waals surface area (Å²) in [5, 5.41) is 8.38. The zero-order valence-corrected chi connectivity index (χ0v) is 11.3. The molecule has 1 aromatic rings. The van der Waals surface area contributed by atoms with Crippen LogP contribution in [-0.2, 0) is 9.47 Å². The van der Waals surface area contributed by atoms with Gasteiger partial charge in [0.1, 0.15) is 0 Å². The third kappa shape index (κ3) is 9.81. The van der Waals surface area contributed by atoms with Crippen LogP contribution in [0.1, 0.15) is 24.2 Å². The first-order chi connectivity index (χ1) is 8.57. The van der Waals surface area contributed by atoms with Crippen molar-refractivity contribution in [1.29, 1.82) is 0 Å². The summed E-state index contributed by atoms with van der Waals surface area (Å²) in [5.74, 6) is -0.252. The molecule has 0 aromatic heterocycles. The van der Waals surface area contributed by atoms with Gasteiger partial charge in [0.2, 0.25) is 0 Å². The van der Waals surface area contributed by atoms with E-state index in [2.05, 4.69) is 13.8 Å². The highest BCUT2D eigenvalue weighted by Crippen LogP contribution is 1.96. The smallest absolute Gasteiger partial charge is 0.335 e. The second-order valence-corrected chi connectivity index (χ2v) is 4.13. The van der Waals surface area contributed by atoms with E-state index < -0.39 is 5.97 Å². The minimum absolute atomic E-state index is 0.331. The number of benzene rings is 1. The number of ether oxygens (including phenoxy) is 2. The maximum Gasteiger partial charge on any atom is 0.335 e. The predicted molar refractivity (Wildman–Crippen MR) is 70.9 cm³/mol. The fourth-order valence-corrected chi connectivity index (χ4v) is 1.04. The van der Waals surface area contributed by atoms with E-state index in [1.54, 1.807) is 37.4 Å². The van der Waals surface area contributed by atoms with Gasteiger partial charge in [-0.25, -0.2) is 4.79 Å². The van der Waals surface area contributed by atoms with Gasteiger partial charge in [0.05, 0.1) is 18.8 Å². The van der Waals surface area contributed by atoms with Crippen molar-refractivity contribution in [1.82, 2.24) is 0 Å². The fourth-order valence-electron chi connectivity index (χ4n) is 1.04. The first kappa shape index (κ1) is 16.6. The van der Waals surface area contributed by atoms with Gasteiger partial charge >= 0.3 is 5.97 Å². The number of carbonyl (C=O) groups is 1. The molecular formula is C14H22O4. The molecule has 4 nitrogen and oxygen atoms in total. The first-order valence-electron chi connectivity index (χ1n) is 5.93. The van der Waals surface area contributed by atoms with Crippen molar-refractivity contribution < 1.29 is 19.4 Å². The lowest BCUT2D eigenvalue weighted by Crippen LogP contribution is -2.06. The summed E-state index contributed by atoms with van der Waals surface area (Å²) in [5.41, 5.74) is 0.331. The first-order valence-corrected chi connectivity index (χ1v) is 5.93. The molecular weight excluding hydrogens is 232 g/mol. The Morgan fingerprint density at radius 1 is 1.22 bits per heavy atom. The molecule has 0 saturated heterocycles. The summed E-state index contributed by atoms with van der Waals surface area (Å²) in [4.78, 5) is 10.2. The van der Waals surface area contributed by atoms with Crippen LogP contribution in [0.15, 0.2) is 30.3 Å². The van der Waals surface area contributed by atoms with Gasteiger partial charge in [-0.15, -0.1) is 0 Å². The van der Waals surface area contributed by atoms with Crippen LogP contribution in [0.25, 0.3) is 0 Å². The van der Waals surface area contributed by atoms with Gasteiger partial charge in [0.15, 0.2) is 0 Å². The Labute approximate surface area is 109 Å². The van der Waals surface area contributed by atoms with Crippen LogP contribution in [-0.4, -0.2) is 38.0 Å². The highest BCUT2D eigenvalue weighted by atomic mass is 16.5. The van der Waals surface area contributed by atoms with Crippen molar-refractivity contribution >= 4 is 5.97 Å². The van der Waals surface area contributed by atoms with Crippen LogP contribution in [0.5, 0.6) is 0 Å². The van der Waals surface area contributed by atoms with Crippen LogP contribution in [0.4, 0.5) is 0 Å². The molecule has 102 valence electrons. The molecule has 0 saturated carbocycles. The normalized spacial score (nSPS) is 9.78. The van der Waals surface area contributed by atoms with Crippen LogP contribution in [0.2, 0.25) is 0 Å². The Hall–Kier alpha value is -1.39. The number of carboxylic acid groups (broad SMARTS) is 1. The maximum atomic E-state index is 10.2. The summed E-state index contributed by atoms with van der Waals surface area (Å²) >= 11 is 0. The number of hydrogen-bond donors (Lipinski definition) is 1. The fraction of sp³-hybridized carbons (Fsp3) is 0.500. The average molecular weight is 254 g/mol. The molecule has 0 unspecified atom stereocenters. The van der Waals surface area contributed by atoms with E-state index in [0.717, 1.165) is 6.61 Å².